The van der Waals surface area contributed by atoms with Crippen LogP contribution in [0, 0.1) is 5.92 Å². The number of aliphatic imine (C=N–C) groups is 1. The SMILES string of the molecule is COCC(C)NC1CCC(Nc2cc(C3=CC(NCC4CCOCC4)CC=N3)ncn2)CC1. The van der Waals surface area contributed by atoms with E-state index < -0.39 is 0 Å². The van der Waals surface area contributed by atoms with Crippen molar-refractivity contribution in [1.29, 1.82) is 0 Å². The number of aromatic nitrogens is 2. The molecule has 8 heteroatoms. The van der Waals surface area contributed by atoms with Crippen molar-refractivity contribution in [3.63, 3.8) is 0 Å². The second-order valence-corrected chi connectivity index (χ2v) is 9.67. The highest BCUT2D eigenvalue weighted by molar-refractivity contribution is 5.77. The van der Waals surface area contributed by atoms with Gasteiger partial charge in [0.2, 0.25) is 0 Å². The molecule has 0 aromatic carbocycles. The Labute approximate surface area is 198 Å². The summed E-state index contributed by atoms with van der Waals surface area (Å²) in [5, 5.41) is 11.0. The van der Waals surface area contributed by atoms with Gasteiger partial charge >= 0.3 is 0 Å². The average Bonchev–Trinajstić information content (AvgIpc) is 2.85. The lowest BCUT2D eigenvalue weighted by atomic mass is 9.90. The monoisotopic (exact) mass is 456 g/mol. The molecule has 182 valence electrons. The van der Waals surface area contributed by atoms with E-state index in [4.69, 9.17) is 9.47 Å². The van der Waals surface area contributed by atoms with E-state index in [1.807, 2.05) is 12.3 Å². The molecule has 2 unspecified atom stereocenters. The van der Waals surface area contributed by atoms with Crippen LogP contribution in [0.3, 0.4) is 0 Å². The quantitative estimate of drug-likeness (QED) is 0.498. The number of hydrogen-bond acceptors (Lipinski definition) is 8. The average molecular weight is 457 g/mol. The molecular formula is C25H40N6O2. The molecule has 1 saturated heterocycles. The molecule has 2 fully saturated rings. The summed E-state index contributed by atoms with van der Waals surface area (Å²) in [6.45, 7) is 5.75. The van der Waals surface area contributed by atoms with Crippen LogP contribution in [0.1, 0.15) is 57.6 Å². The Morgan fingerprint density at radius 3 is 2.67 bits per heavy atom. The van der Waals surface area contributed by atoms with Crippen molar-refractivity contribution in [2.45, 2.75) is 76.0 Å². The number of hydrogen-bond donors (Lipinski definition) is 3. The maximum atomic E-state index is 5.47. The Bertz CT molecular complexity index is 787. The molecule has 0 spiro atoms. The molecule has 2 atom stereocenters. The van der Waals surface area contributed by atoms with Crippen LogP contribution in [0.5, 0.6) is 0 Å². The lowest BCUT2D eigenvalue weighted by molar-refractivity contribution is 0.0659. The van der Waals surface area contributed by atoms with Crippen molar-refractivity contribution in [1.82, 2.24) is 20.6 Å². The highest BCUT2D eigenvalue weighted by Crippen LogP contribution is 2.24. The molecular weight excluding hydrogens is 416 g/mol. The van der Waals surface area contributed by atoms with Gasteiger partial charge in [0.25, 0.3) is 0 Å². The maximum absolute atomic E-state index is 5.47. The van der Waals surface area contributed by atoms with Crippen LogP contribution in [-0.4, -0.2) is 73.8 Å². The zero-order chi connectivity index (χ0) is 22.9. The van der Waals surface area contributed by atoms with Gasteiger partial charge in [0.15, 0.2) is 0 Å². The summed E-state index contributed by atoms with van der Waals surface area (Å²) in [5.41, 5.74) is 1.81. The summed E-state index contributed by atoms with van der Waals surface area (Å²) in [7, 11) is 1.76. The predicted molar refractivity (Wildman–Crippen MR) is 133 cm³/mol. The van der Waals surface area contributed by atoms with E-state index in [0.29, 0.717) is 30.1 Å². The molecule has 1 aromatic heterocycles. The first-order valence-corrected chi connectivity index (χ1v) is 12.6. The number of nitrogens with zero attached hydrogens (tertiary/aromatic N) is 3. The van der Waals surface area contributed by atoms with Gasteiger partial charge in [0.05, 0.1) is 18.0 Å². The molecule has 8 nitrogen and oxygen atoms in total. The lowest BCUT2D eigenvalue weighted by Crippen LogP contribution is -2.42. The highest BCUT2D eigenvalue weighted by atomic mass is 16.5. The third-order valence-electron chi connectivity index (χ3n) is 6.90. The largest absolute Gasteiger partial charge is 0.383 e. The van der Waals surface area contributed by atoms with Crippen molar-refractivity contribution in [2.24, 2.45) is 10.9 Å². The minimum absolute atomic E-state index is 0.301. The van der Waals surface area contributed by atoms with Gasteiger partial charge in [0.1, 0.15) is 12.1 Å². The maximum Gasteiger partial charge on any atom is 0.130 e. The van der Waals surface area contributed by atoms with Crippen LogP contribution in [0.25, 0.3) is 5.70 Å². The van der Waals surface area contributed by atoms with Crippen molar-refractivity contribution in [3.8, 4) is 0 Å². The summed E-state index contributed by atoms with van der Waals surface area (Å²) in [6.07, 6.45) is 13.7. The van der Waals surface area contributed by atoms with E-state index in [-0.39, 0.29) is 0 Å². The molecule has 0 amide bonds. The fourth-order valence-electron chi connectivity index (χ4n) is 5.02. The first-order chi connectivity index (χ1) is 16.2. The standard InChI is InChI=1S/C25H40N6O2/c1-18(16-32-2)30-20-3-5-21(6-4-20)31-25-14-24(28-17-29-25)23-13-22(7-10-26-23)27-15-19-8-11-33-12-9-19/h10,13-14,17-22,27,30H,3-9,11-12,15-16H2,1-2H3,(H,28,29,31). The van der Waals surface area contributed by atoms with Gasteiger partial charge in [-0.05, 0) is 64.0 Å². The van der Waals surface area contributed by atoms with Crippen LogP contribution in [-0.2, 0) is 9.47 Å². The Balaban J connectivity index is 1.27. The number of methoxy groups -OCH3 is 1. The van der Waals surface area contributed by atoms with E-state index in [2.05, 4.69) is 43.9 Å². The van der Waals surface area contributed by atoms with Gasteiger partial charge in [-0.1, -0.05) is 0 Å². The molecule has 2 aliphatic heterocycles. The normalized spacial score (nSPS) is 27.2. The van der Waals surface area contributed by atoms with Crippen molar-refractivity contribution in [2.75, 3.05) is 38.8 Å². The second kappa shape index (κ2) is 12.6. The van der Waals surface area contributed by atoms with E-state index in [1.165, 1.54) is 12.8 Å². The van der Waals surface area contributed by atoms with Crippen molar-refractivity contribution >= 4 is 17.7 Å². The molecule has 1 saturated carbocycles. The Hall–Kier alpha value is -1.87. The number of anilines is 1. The molecule has 3 aliphatic rings. The minimum Gasteiger partial charge on any atom is -0.383 e. The molecule has 1 aromatic rings. The highest BCUT2D eigenvalue weighted by Gasteiger charge is 2.23. The van der Waals surface area contributed by atoms with Crippen LogP contribution in [0.4, 0.5) is 5.82 Å². The van der Waals surface area contributed by atoms with Crippen LogP contribution >= 0.6 is 0 Å². The van der Waals surface area contributed by atoms with Crippen molar-refractivity contribution < 1.29 is 9.47 Å². The Morgan fingerprint density at radius 2 is 1.88 bits per heavy atom. The van der Waals surface area contributed by atoms with E-state index in [1.54, 1.807) is 13.4 Å². The smallest absolute Gasteiger partial charge is 0.130 e. The molecule has 4 rings (SSSR count). The summed E-state index contributed by atoms with van der Waals surface area (Å²) in [6, 6.07) is 3.75. The minimum atomic E-state index is 0.301. The summed E-state index contributed by atoms with van der Waals surface area (Å²) < 4.78 is 10.7. The molecule has 0 bridgehead atoms. The van der Waals surface area contributed by atoms with Gasteiger partial charge in [0, 0.05) is 63.2 Å². The van der Waals surface area contributed by atoms with Crippen LogP contribution < -0.4 is 16.0 Å². The molecule has 1 aliphatic carbocycles. The Morgan fingerprint density at radius 1 is 1.09 bits per heavy atom. The van der Waals surface area contributed by atoms with E-state index in [9.17, 15) is 0 Å². The van der Waals surface area contributed by atoms with Crippen LogP contribution in [0.2, 0.25) is 0 Å². The van der Waals surface area contributed by atoms with E-state index >= 15 is 0 Å². The summed E-state index contributed by atoms with van der Waals surface area (Å²) >= 11 is 0. The van der Waals surface area contributed by atoms with Gasteiger partial charge in [-0.3, -0.25) is 4.99 Å². The van der Waals surface area contributed by atoms with Gasteiger partial charge in [-0.15, -0.1) is 0 Å². The number of nitrogens with one attached hydrogen (secondary N) is 3. The van der Waals surface area contributed by atoms with E-state index in [0.717, 1.165) is 75.7 Å². The fraction of sp³-hybridized carbons (Fsp3) is 0.720. The third-order valence-corrected chi connectivity index (χ3v) is 6.90. The first kappa shape index (κ1) is 24.3. The molecule has 3 heterocycles. The van der Waals surface area contributed by atoms with Gasteiger partial charge in [-0.2, -0.15) is 0 Å². The molecule has 33 heavy (non-hydrogen) atoms. The zero-order valence-corrected chi connectivity index (χ0v) is 20.1. The summed E-state index contributed by atoms with van der Waals surface area (Å²) in [5.74, 6) is 1.59. The number of rotatable bonds is 10. The second-order valence-electron chi connectivity index (χ2n) is 9.67. The first-order valence-electron chi connectivity index (χ1n) is 12.6. The van der Waals surface area contributed by atoms with Gasteiger partial charge in [-0.25, -0.2) is 9.97 Å². The number of ether oxygens (including phenoxy) is 2. The van der Waals surface area contributed by atoms with Crippen molar-refractivity contribution in [3.05, 3.63) is 24.2 Å². The van der Waals surface area contributed by atoms with Gasteiger partial charge < -0.3 is 25.4 Å². The third kappa shape index (κ3) is 7.57. The van der Waals surface area contributed by atoms with Crippen LogP contribution in [0.15, 0.2) is 23.5 Å². The Kier molecular flexibility index (Phi) is 9.23. The molecule has 3 N–H and O–H groups in total. The zero-order valence-electron chi connectivity index (χ0n) is 20.1. The lowest BCUT2D eigenvalue weighted by Gasteiger charge is -2.31. The molecule has 0 radical (unpaired) electrons. The fourth-order valence-corrected chi connectivity index (χ4v) is 5.02. The summed E-state index contributed by atoms with van der Waals surface area (Å²) in [4.78, 5) is 13.6. The topological polar surface area (TPSA) is 92.7 Å². The predicted octanol–water partition coefficient (Wildman–Crippen LogP) is 3.02.